The first-order valence-corrected chi connectivity index (χ1v) is 2.82. The minimum atomic E-state index is -0.704. The maximum Gasteiger partial charge on any atom is 0.257 e. The lowest BCUT2D eigenvalue weighted by atomic mass is 10.7. The molecule has 0 unspecified atom stereocenters. The Bertz CT molecular complexity index is 54.0. The van der Waals surface area contributed by atoms with Gasteiger partial charge in [0.05, 0.1) is 0 Å². The first-order valence-electron chi connectivity index (χ1n) is 1.95. The molecule has 0 aliphatic carbocycles. The average Bonchev–Trinajstić information content (AvgIpc) is 1.69. The molecule has 0 aliphatic rings. The lowest BCUT2D eigenvalue weighted by molar-refractivity contribution is 0.0104. The fourth-order valence-electron chi connectivity index (χ4n) is 0.262. The second-order valence-electron chi connectivity index (χ2n) is 1.03. The van der Waals surface area contributed by atoms with Crippen LogP contribution in [0.3, 0.4) is 0 Å². The highest BCUT2D eigenvalue weighted by molar-refractivity contribution is 6.45. The van der Waals surface area contributed by atoms with E-state index in [0.717, 1.165) is 0 Å². The summed E-state index contributed by atoms with van der Waals surface area (Å²) in [5, 5.41) is 0. The summed E-state index contributed by atoms with van der Waals surface area (Å²) in [6.07, 6.45) is 0.216. The highest BCUT2D eigenvalue weighted by Crippen LogP contribution is 2.17. The number of hydrogen-bond donors (Lipinski definition) is 0. The quantitative estimate of drug-likeness (QED) is 0.580. The Balaban J connectivity index is 3.35. The molecule has 0 N–H and O–H groups in total. The molecule has 0 saturated carbocycles. The zero-order chi connectivity index (χ0) is 6.57. The van der Waals surface area contributed by atoms with Gasteiger partial charge in [-0.2, -0.15) is 0 Å². The van der Waals surface area contributed by atoms with Crippen molar-refractivity contribution < 1.29 is 9.47 Å². The molecular formula is C4H7Cl2O2. The lowest BCUT2D eigenvalue weighted by Crippen LogP contribution is -2.10. The van der Waals surface area contributed by atoms with Crippen LogP contribution in [0, 0.1) is 6.29 Å². The number of rotatable bonds is 3. The van der Waals surface area contributed by atoms with Crippen LogP contribution < -0.4 is 0 Å². The van der Waals surface area contributed by atoms with Gasteiger partial charge in [-0.05, 0) is 0 Å². The van der Waals surface area contributed by atoms with E-state index in [9.17, 15) is 0 Å². The number of alkyl halides is 2. The van der Waals surface area contributed by atoms with Crippen molar-refractivity contribution in [1.82, 2.24) is 0 Å². The molecular weight excluding hydrogens is 151 g/mol. The summed E-state index contributed by atoms with van der Waals surface area (Å²) in [5.41, 5.74) is 0. The molecule has 0 saturated heterocycles. The molecule has 0 fully saturated rings. The maximum atomic E-state index is 5.32. The van der Waals surface area contributed by atoms with Gasteiger partial charge in [0.25, 0.3) is 6.29 Å². The Hall–Kier alpha value is 0.500. The van der Waals surface area contributed by atoms with Crippen molar-refractivity contribution in [2.24, 2.45) is 0 Å². The Morgan fingerprint density at radius 1 is 1.25 bits per heavy atom. The Morgan fingerprint density at radius 2 is 1.62 bits per heavy atom. The SMILES string of the molecule is CO[C](OC)C(Cl)Cl. The lowest BCUT2D eigenvalue weighted by Gasteiger charge is -2.10. The first-order chi connectivity index (χ1) is 3.72. The molecule has 0 atom stereocenters. The summed E-state index contributed by atoms with van der Waals surface area (Å²) in [6, 6.07) is 0. The fraction of sp³-hybridized carbons (Fsp3) is 0.750. The van der Waals surface area contributed by atoms with Crippen molar-refractivity contribution in [3.63, 3.8) is 0 Å². The standard InChI is InChI=1S/C4H7Cl2O2/c1-7-4(8-2)3(5)6/h3H,1-2H3. The van der Waals surface area contributed by atoms with Crippen LogP contribution >= 0.6 is 23.2 Å². The van der Waals surface area contributed by atoms with Gasteiger partial charge in [-0.25, -0.2) is 0 Å². The highest BCUT2D eigenvalue weighted by Gasteiger charge is 2.16. The van der Waals surface area contributed by atoms with E-state index in [1.807, 2.05) is 0 Å². The predicted octanol–water partition coefficient (Wildman–Crippen LogP) is 1.57. The van der Waals surface area contributed by atoms with E-state index < -0.39 is 4.84 Å². The van der Waals surface area contributed by atoms with E-state index in [-0.39, 0.29) is 6.29 Å². The van der Waals surface area contributed by atoms with Crippen LogP contribution in [0.15, 0.2) is 0 Å². The van der Waals surface area contributed by atoms with E-state index >= 15 is 0 Å². The molecule has 0 amide bonds. The van der Waals surface area contributed by atoms with Gasteiger partial charge in [-0.1, -0.05) is 23.2 Å². The minimum Gasteiger partial charge on any atom is -0.347 e. The van der Waals surface area contributed by atoms with E-state index in [1.54, 1.807) is 0 Å². The van der Waals surface area contributed by atoms with E-state index in [2.05, 4.69) is 9.47 Å². The molecule has 0 aromatic rings. The molecule has 8 heavy (non-hydrogen) atoms. The summed E-state index contributed by atoms with van der Waals surface area (Å²) < 4.78 is 9.18. The van der Waals surface area contributed by atoms with Crippen molar-refractivity contribution in [2.75, 3.05) is 14.2 Å². The molecule has 2 nitrogen and oxygen atoms in total. The van der Waals surface area contributed by atoms with Gasteiger partial charge in [-0.3, -0.25) is 0 Å². The van der Waals surface area contributed by atoms with Gasteiger partial charge in [0.15, 0.2) is 4.84 Å². The van der Waals surface area contributed by atoms with Crippen molar-refractivity contribution in [1.29, 1.82) is 0 Å². The van der Waals surface area contributed by atoms with Gasteiger partial charge in [0.1, 0.15) is 0 Å². The predicted molar refractivity (Wildman–Crippen MR) is 32.8 cm³/mol. The van der Waals surface area contributed by atoms with E-state index in [1.165, 1.54) is 14.2 Å². The molecule has 0 aliphatic heterocycles. The Kier molecular flexibility index (Phi) is 4.66. The summed E-state index contributed by atoms with van der Waals surface area (Å²) in [4.78, 5) is -0.704. The third kappa shape index (κ3) is 2.72. The molecule has 49 valence electrons. The maximum absolute atomic E-state index is 5.32. The van der Waals surface area contributed by atoms with Crippen LogP contribution in [0.1, 0.15) is 0 Å². The monoisotopic (exact) mass is 157 g/mol. The number of halogens is 2. The van der Waals surface area contributed by atoms with E-state index in [0.29, 0.717) is 0 Å². The molecule has 1 radical (unpaired) electrons. The molecule has 4 heteroatoms. The van der Waals surface area contributed by atoms with Gasteiger partial charge in [0, 0.05) is 14.2 Å². The molecule has 0 rings (SSSR count). The van der Waals surface area contributed by atoms with Crippen molar-refractivity contribution >= 4 is 23.2 Å². The van der Waals surface area contributed by atoms with Crippen LogP contribution in [-0.4, -0.2) is 19.1 Å². The normalized spacial score (nSPS) is 11.2. The Morgan fingerprint density at radius 3 is 1.62 bits per heavy atom. The zero-order valence-corrected chi connectivity index (χ0v) is 6.16. The van der Waals surface area contributed by atoms with Crippen LogP contribution in [0.4, 0.5) is 0 Å². The summed E-state index contributed by atoms with van der Waals surface area (Å²) >= 11 is 10.6. The fourth-order valence-corrected chi connectivity index (χ4v) is 0.618. The number of hydrogen-bond acceptors (Lipinski definition) is 2. The van der Waals surface area contributed by atoms with Crippen molar-refractivity contribution in [3.05, 3.63) is 6.29 Å². The third-order valence-electron chi connectivity index (χ3n) is 0.581. The summed E-state index contributed by atoms with van der Waals surface area (Å²) in [6.45, 7) is 0. The Labute approximate surface area is 58.7 Å². The van der Waals surface area contributed by atoms with Gasteiger partial charge < -0.3 is 9.47 Å². The van der Waals surface area contributed by atoms with Crippen LogP contribution in [0.5, 0.6) is 0 Å². The van der Waals surface area contributed by atoms with Crippen LogP contribution in [-0.2, 0) is 9.47 Å². The minimum absolute atomic E-state index is 0.216. The number of ether oxygens (including phenoxy) is 2. The van der Waals surface area contributed by atoms with Gasteiger partial charge in [0.2, 0.25) is 0 Å². The molecule has 0 aromatic carbocycles. The first kappa shape index (κ1) is 8.50. The third-order valence-corrected chi connectivity index (χ3v) is 0.937. The smallest absolute Gasteiger partial charge is 0.257 e. The van der Waals surface area contributed by atoms with Crippen LogP contribution in [0.25, 0.3) is 0 Å². The molecule has 0 heterocycles. The van der Waals surface area contributed by atoms with Gasteiger partial charge in [-0.15, -0.1) is 0 Å². The highest BCUT2D eigenvalue weighted by atomic mass is 35.5. The molecule has 0 spiro atoms. The van der Waals surface area contributed by atoms with Crippen molar-refractivity contribution in [3.8, 4) is 0 Å². The second kappa shape index (κ2) is 4.39. The summed E-state index contributed by atoms with van der Waals surface area (Å²) in [5.74, 6) is 0. The largest absolute Gasteiger partial charge is 0.347 e. The van der Waals surface area contributed by atoms with Gasteiger partial charge >= 0.3 is 0 Å². The number of methoxy groups -OCH3 is 2. The van der Waals surface area contributed by atoms with E-state index in [4.69, 9.17) is 23.2 Å². The average molecular weight is 158 g/mol. The molecule has 0 bridgehead atoms. The molecule has 0 aromatic heterocycles. The summed E-state index contributed by atoms with van der Waals surface area (Å²) in [7, 11) is 2.88. The van der Waals surface area contributed by atoms with Crippen molar-refractivity contribution in [2.45, 2.75) is 4.84 Å². The second-order valence-corrected chi connectivity index (χ2v) is 2.12. The topological polar surface area (TPSA) is 18.5 Å². The van der Waals surface area contributed by atoms with Crippen LogP contribution in [0.2, 0.25) is 0 Å². The zero-order valence-electron chi connectivity index (χ0n) is 4.65.